The van der Waals surface area contributed by atoms with E-state index in [1.165, 1.54) is 11.3 Å². The van der Waals surface area contributed by atoms with Crippen LogP contribution in [0.2, 0.25) is 0 Å². The number of aromatic amines is 1. The minimum absolute atomic E-state index is 0.0489. The van der Waals surface area contributed by atoms with Crippen LogP contribution in [0.1, 0.15) is 34.0 Å². The zero-order chi connectivity index (χ0) is 18.3. The predicted octanol–water partition coefficient (Wildman–Crippen LogP) is 3.29. The average Bonchev–Trinajstić information content (AvgIpc) is 3.20. The molecule has 3 aromatic rings. The Labute approximate surface area is 153 Å². The van der Waals surface area contributed by atoms with Crippen molar-refractivity contribution >= 4 is 34.0 Å². The molecule has 0 atom stereocenters. The van der Waals surface area contributed by atoms with Crippen molar-refractivity contribution in [3.8, 4) is 11.3 Å². The molecule has 3 N–H and O–H groups in total. The standard InChI is InChI=1S/C18H17N5O2S/c1-9-16(20-10(2)19-9)17(25)23-18-22-14(8-26-18)12-3-5-13-11(7-12)4-6-15(24)21-13/h3,5,7-8H,4,6H2,1-2H3,(H,19,20)(H,21,24)(H,22,23,25). The molecule has 4 rings (SSSR count). The van der Waals surface area contributed by atoms with E-state index in [9.17, 15) is 9.59 Å². The van der Waals surface area contributed by atoms with Gasteiger partial charge in [0.25, 0.3) is 5.91 Å². The van der Waals surface area contributed by atoms with E-state index in [2.05, 4.69) is 25.6 Å². The van der Waals surface area contributed by atoms with E-state index in [-0.39, 0.29) is 11.8 Å². The van der Waals surface area contributed by atoms with Gasteiger partial charge in [-0.1, -0.05) is 6.07 Å². The van der Waals surface area contributed by atoms with Crippen LogP contribution in [-0.2, 0) is 11.2 Å². The third kappa shape index (κ3) is 3.11. The van der Waals surface area contributed by atoms with Crippen molar-refractivity contribution in [1.82, 2.24) is 15.0 Å². The molecule has 1 aromatic carbocycles. The highest BCUT2D eigenvalue weighted by atomic mass is 32.1. The topological polar surface area (TPSA) is 99.8 Å². The Balaban J connectivity index is 1.54. The summed E-state index contributed by atoms with van der Waals surface area (Å²) in [6.45, 7) is 3.62. The van der Waals surface area contributed by atoms with Crippen LogP contribution in [0.25, 0.3) is 11.3 Å². The molecule has 0 aliphatic carbocycles. The van der Waals surface area contributed by atoms with Crippen molar-refractivity contribution in [1.29, 1.82) is 0 Å². The fraction of sp³-hybridized carbons (Fsp3) is 0.222. The minimum Gasteiger partial charge on any atom is -0.346 e. The lowest BCUT2D eigenvalue weighted by atomic mass is 9.99. The number of aromatic nitrogens is 3. The second kappa shape index (κ2) is 6.38. The van der Waals surface area contributed by atoms with Crippen LogP contribution in [0.3, 0.4) is 0 Å². The molecule has 0 saturated heterocycles. The number of hydrogen-bond acceptors (Lipinski definition) is 5. The summed E-state index contributed by atoms with van der Waals surface area (Å²) in [7, 11) is 0. The fourth-order valence-corrected chi connectivity index (χ4v) is 3.71. The Morgan fingerprint density at radius 2 is 2.08 bits per heavy atom. The highest BCUT2D eigenvalue weighted by molar-refractivity contribution is 7.14. The van der Waals surface area contributed by atoms with E-state index in [4.69, 9.17) is 0 Å². The Hall–Kier alpha value is -3.00. The van der Waals surface area contributed by atoms with Crippen LogP contribution < -0.4 is 10.6 Å². The van der Waals surface area contributed by atoms with Crippen LogP contribution in [0.15, 0.2) is 23.6 Å². The maximum absolute atomic E-state index is 12.3. The molecule has 0 saturated carbocycles. The SMILES string of the molecule is Cc1nc(C(=O)Nc2nc(-c3ccc4c(c3)CCC(=O)N4)cs2)c(C)[nH]1. The summed E-state index contributed by atoms with van der Waals surface area (Å²) < 4.78 is 0. The minimum atomic E-state index is -0.277. The molecule has 7 nitrogen and oxygen atoms in total. The van der Waals surface area contributed by atoms with Crippen LogP contribution in [0.5, 0.6) is 0 Å². The molecule has 3 heterocycles. The van der Waals surface area contributed by atoms with E-state index in [0.717, 1.165) is 34.6 Å². The van der Waals surface area contributed by atoms with Gasteiger partial charge >= 0.3 is 0 Å². The summed E-state index contributed by atoms with van der Waals surface area (Å²) in [5, 5.41) is 8.10. The lowest BCUT2D eigenvalue weighted by molar-refractivity contribution is -0.116. The number of carbonyl (C=O) groups excluding carboxylic acids is 2. The number of nitrogens with zero attached hydrogens (tertiary/aromatic N) is 2. The molecule has 0 radical (unpaired) electrons. The van der Waals surface area contributed by atoms with Crippen molar-refractivity contribution in [2.75, 3.05) is 10.6 Å². The van der Waals surface area contributed by atoms with E-state index < -0.39 is 0 Å². The van der Waals surface area contributed by atoms with Gasteiger partial charge < -0.3 is 10.3 Å². The maximum Gasteiger partial charge on any atom is 0.277 e. The monoisotopic (exact) mass is 367 g/mol. The smallest absolute Gasteiger partial charge is 0.277 e. The average molecular weight is 367 g/mol. The Morgan fingerprint density at radius 3 is 2.85 bits per heavy atom. The van der Waals surface area contributed by atoms with Crippen molar-refractivity contribution < 1.29 is 9.59 Å². The van der Waals surface area contributed by atoms with E-state index in [1.54, 1.807) is 0 Å². The van der Waals surface area contributed by atoms with Gasteiger partial charge in [-0.05, 0) is 38.0 Å². The molecular formula is C18H17N5O2S. The van der Waals surface area contributed by atoms with E-state index in [0.29, 0.717) is 23.1 Å². The van der Waals surface area contributed by atoms with Gasteiger partial charge in [0.1, 0.15) is 11.5 Å². The molecule has 2 amide bonds. The zero-order valence-corrected chi connectivity index (χ0v) is 15.2. The summed E-state index contributed by atoms with van der Waals surface area (Å²) in [6.07, 6.45) is 1.22. The highest BCUT2D eigenvalue weighted by Gasteiger charge is 2.17. The number of anilines is 2. The molecular weight excluding hydrogens is 350 g/mol. The molecule has 132 valence electrons. The Kier molecular flexibility index (Phi) is 4.04. The number of imidazole rings is 1. The number of hydrogen-bond donors (Lipinski definition) is 3. The number of H-pyrrole nitrogens is 1. The van der Waals surface area contributed by atoms with Crippen molar-refractivity contribution in [2.24, 2.45) is 0 Å². The first-order valence-corrected chi connectivity index (χ1v) is 9.11. The number of rotatable bonds is 3. The van der Waals surface area contributed by atoms with Crippen molar-refractivity contribution in [3.05, 3.63) is 46.4 Å². The number of fused-ring (bicyclic) bond motifs is 1. The van der Waals surface area contributed by atoms with E-state index in [1.807, 2.05) is 37.4 Å². The second-order valence-corrected chi connectivity index (χ2v) is 7.07. The zero-order valence-electron chi connectivity index (χ0n) is 14.3. The van der Waals surface area contributed by atoms with E-state index >= 15 is 0 Å². The van der Waals surface area contributed by atoms with Gasteiger partial charge in [0.05, 0.1) is 5.69 Å². The first-order chi connectivity index (χ1) is 12.5. The number of thiazole rings is 1. The summed E-state index contributed by atoms with van der Waals surface area (Å²) in [4.78, 5) is 35.5. The van der Waals surface area contributed by atoms with Gasteiger partial charge in [0.2, 0.25) is 5.91 Å². The van der Waals surface area contributed by atoms with Crippen LogP contribution in [-0.4, -0.2) is 26.8 Å². The van der Waals surface area contributed by atoms with Crippen molar-refractivity contribution in [3.63, 3.8) is 0 Å². The number of carbonyl (C=O) groups is 2. The van der Waals surface area contributed by atoms with Crippen molar-refractivity contribution in [2.45, 2.75) is 26.7 Å². The quantitative estimate of drug-likeness (QED) is 0.661. The van der Waals surface area contributed by atoms with Crippen LogP contribution in [0.4, 0.5) is 10.8 Å². The lowest BCUT2D eigenvalue weighted by Crippen LogP contribution is -2.18. The number of benzene rings is 1. The lowest BCUT2D eigenvalue weighted by Gasteiger charge is -2.17. The summed E-state index contributed by atoms with van der Waals surface area (Å²) in [5.41, 5.74) is 4.82. The molecule has 26 heavy (non-hydrogen) atoms. The molecule has 1 aliphatic rings. The third-order valence-corrected chi connectivity index (χ3v) is 5.00. The highest BCUT2D eigenvalue weighted by Crippen LogP contribution is 2.30. The number of amides is 2. The summed E-state index contributed by atoms with van der Waals surface area (Å²) in [5.74, 6) is 0.474. The summed E-state index contributed by atoms with van der Waals surface area (Å²) in [6, 6.07) is 5.86. The first kappa shape index (κ1) is 16.5. The second-order valence-electron chi connectivity index (χ2n) is 6.21. The largest absolute Gasteiger partial charge is 0.346 e. The predicted molar refractivity (Wildman–Crippen MR) is 101 cm³/mol. The first-order valence-electron chi connectivity index (χ1n) is 8.23. The molecule has 0 bridgehead atoms. The van der Waals surface area contributed by atoms with Gasteiger partial charge in [-0.15, -0.1) is 11.3 Å². The normalized spacial score (nSPS) is 13.2. The summed E-state index contributed by atoms with van der Waals surface area (Å²) >= 11 is 1.37. The van der Waals surface area contributed by atoms with Crippen LogP contribution >= 0.6 is 11.3 Å². The molecule has 8 heteroatoms. The molecule has 0 fully saturated rings. The molecule has 1 aliphatic heterocycles. The Morgan fingerprint density at radius 1 is 1.23 bits per heavy atom. The third-order valence-electron chi connectivity index (χ3n) is 4.24. The molecule has 0 spiro atoms. The molecule has 2 aromatic heterocycles. The number of aryl methyl sites for hydroxylation is 3. The van der Waals surface area contributed by atoms with Gasteiger partial charge in [0.15, 0.2) is 5.13 Å². The maximum atomic E-state index is 12.3. The van der Waals surface area contributed by atoms with Crippen LogP contribution in [0, 0.1) is 13.8 Å². The van der Waals surface area contributed by atoms with Gasteiger partial charge in [0, 0.05) is 28.7 Å². The molecule has 0 unspecified atom stereocenters. The fourth-order valence-electron chi connectivity index (χ4n) is 2.99. The van der Waals surface area contributed by atoms with Gasteiger partial charge in [-0.25, -0.2) is 9.97 Å². The van der Waals surface area contributed by atoms with Gasteiger partial charge in [-0.3, -0.25) is 14.9 Å². The van der Waals surface area contributed by atoms with Gasteiger partial charge in [-0.2, -0.15) is 0 Å². The number of nitrogens with one attached hydrogen (secondary N) is 3. The Bertz CT molecular complexity index is 1020.